The summed E-state index contributed by atoms with van der Waals surface area (Å²) in [5.41, 5.74) is 3.76. The summed E-state index contributed by atoms with van der Waals surface area (Å²) in [6.07, 6.45) is 1.10. The number of hydrogen-bond acceptors (Lipinski definition) is 1. The van der Waals surface area contributed by atoms with E-state index in [1.807, 2.05) is 6.07 Å². The molecule has 0 saturated carbocycles. The molecule has 0 aromatic heterocycles. The van der Waals surface area contributed by atoms with Crippen LogP contribution in [0.2, 0.25) is 5.02 Å². The van der Waals surface area contributed by atoms with E-state index in [0.29, 0.717) is 0 Å². The first-order valence-corrected chi connectivity index (χ1v) is 8.04. The van der Waals surface area contributed by atoms with Crippen LogP contribution in [0, 0.1) is 6.92 Å². The van der Waals surface area contributed by atoms with E-state index in [-0.39, 0.29) is 6.04 Å². The zero-order valence-corrected chi connectivity index (χ0v) is 14.1. The van der Waals surface area contributed by atoms with Gasteiger partial charge in [0.25, 0.3) is 0 Å². The van der Waals surface area contributed by atoms with Crippen molar-refractivity contribution in [2.24, 2.45) is 0 Å². The molecule has 20 heavy (non-hydrogen) atoms. The SMILES string of the molecule is CCCNC(c1ccc(Br)cc1)c1cc(Cl)ccc1C. The van der Waals surface area contributed by atoms with Gasteiger partial charge in [0, 0.05) is 9.50 Å². The van der Waals surface area contributed by atoms with E-state index in [4.69, 9.17) is 11.6 Å². The molecule has 1 N–H and O–H groups in total. The van der Waals surface area contributed by atoms with Crippen LogP contribution < -0.4 is 5.32 Å². The number of nitrogens with one attached hydrogen (secondary N) is 1. The fraction of sp³-hybridized carbons (Fsp3) is 0.294. The molecule has 2 aromatic carbocycles. The third-order valence-electron chi connectivity index (χ3n) is 3.35. The van der Waals surface area contributed by atoms with E-state index in [2.05, 4.69) is 71.5 Å². The zero-order chi connectivity index (χ0) is 14.5. The minimum Gasteiger partial charge on any atom is -0.306 e. The minimum absolute atomic E-state index is 0.182. The van der Waals surface area contributed by atoms with Gasteiger partial charge in [-0.1, -0.05) is 52.7 Å². The van der Waals surface area contributed by atoms with Crippen LogP contribution in [0.3, 0.4) is 0 Å². The van der Waals surface area contributed by atoms with Crippen molar-refractivity contribution in [3.05, 3.63) is 68.7 Å². The lowest BCUT2D eigenvalue weighted by molar-refractivity contribution is 0.596. The van der Waals surface area contributed by atoms with Gasteiger partial charge >= 0.3 is 0 Å². The van der Waals surface area contributed by atoms with E-state index < -0.39 is 0 Å². The van der Waals surface area contributed by atoms with Gasteiger partial charge in [-0.05, 0) is 60.8 Å². The van der Waals surface area contributed by atoms with Crippen LogP contribution in [-0.4, -0.2) is 6.54 Å². The van der Waals surface area contributed by atoms with Crippen molar-refractivity contribution < 1.29 is 0 Å². The topological polar surface area (TPSA) is 12.0 Å². The Morgan fingerprint density at radius 3 is 2.50 bits per heavy atom. The number of benzene rings is 2. The van der Waals surface area contributed by atoms with E-state index in [9.17, 15) is 0 Å². The van der Waals surface area contributed by atoms with Crippen molar-refractivity contribution in [3.63, 3.8) is 0 Å². The summed E-state index contributed by atoms with van der Waals surface area (Å²) in [5.74, 6) is 0. The second kappa shape index (κ2) is 7.26. The first-order valence-electron chi connectivity index (χ1n) is 6.86. The van der Waals surface area contributed by atoms with Crippen molar-refractivity contribution >= 4 is 27.5 Å². The summed E-state index contributed by atoms with van der Waals surface area (Å²) in [4.78, 5) is 0. The van der Waals surface area contributed by atoms with Crippen LogP contribution in [0.25, 0.3) is 0 Å². The molecule has 3 heteroatoms. The van der Waals surface area contributed by atoms with E-state index in [1.165, 1.54) is 16.7 Å². The molecule has 0 aliphatic heterocycles. The van der Waals surface area contributed by atoms with E-state index in [0.717, 1.165) is 22.5 Å². The van der Waals surface area contributed by atoms with E-state index in [1.54, 1.807) is 0 Å². The molecular formula is C17H19BrClN. The van der Waals surface area contributed by atoms with Crippen LogP contribution in [-0.2, 0) is 0 Å². The molecule has 106 valence electrons. The maximum absolute atomic E-state index is 6.17. The molecule has 0 spiro atoms. The Kier molecular flexibility index (Phi) is 5.64. The molecule has 0 aliphatic rings. The molecule has 0 saturated heterocycles. The average molecular weight is 353 g/mol. The quantitative estimate of drug-likeness (QED) is 0.749. The Hall–Kier alpha value is -0.830. The van der Waals surface area contributed by atoms with Gasteiger partial charge in [-0.2, -0.15) is 0 Å². The Bertz CT molecular complexity index is 566. The maximum atomic E-state index is 6.17. The second-order valence-electron chi connectivity index (χ2n) is 4.94. The van der Waals surface area contributed by atoms with Gasteiger partial charge in [0.2, 0.25) is 0 Å². The molecule has 1 unspecified atom stereocenters. The zero-order valence-electron chi connectivity index (χ0n) is 11.8. The fourth-order valence-electron chi connectivity index (χ4n) is 2.27. The minimum atomic E-state index is 0.182. The smallest absolute Gasteiger partial charge is 0.0579 e. The van der Waals surface area contributed by atoms with Crippen molar-refractivity contribution in [3.8, 4) is 0 Å². The third-order valence-corrected chi connectivity index (χ3v) is 4.12. The molecule has 0 amide bonds. The summed E-state index contributed by atoms with van der Waals surface area (Å²) in [5, 5.41) is 4.40. The van der Waals surface area contributed by atoms with E-state index >= 15 is 0 Å². The van der Waals surface area contributed by atoms with Crippen LogP contribution in [0.5, 0.6) is 0 Å². The van der Waals surface area contributed by atoms with Gasteiger partial charge in [0.05, 0.1) is 6.04 Å². The van der Waals surface area contributed by atoms with Gasteiger partial charge in [-0.15, -0.1) is 0 Å². The molecule has 1 nitrogen and oxygen atoms in total. The summed E-state index contributed by atoms with van der Waals surface area (Å²) >= 11 is 9.66. The maximum Gasteiger partial charge on any atom is 0.0579 e. The number of rotatable bonds is 5. The highest BCUT2D eigenvalue weighted by molar-refractivity contribution is 9.10. The fourth-order valence-corrected chi connectivity index (χ4v) is 2.72. The van der Waals surface area contributed by atoms with Crippen molar-refractivity contribution in [2.75, 3.05) is 6.54 Å². The van der Waals surface area contributed by atoms with Crippen molar-refractivity contribution in [2.45, 2.75) is 26.3 Å². The normalized spacial score (nSPS) is 12.4. The first kappa shape index (κ1) is 15.6. The van der Waals surface area contributed by atoms with Gasteiger partial charge < -0.3 is 5.32 Å². The lowest BCUT2D eigenvalue weighted by Crippen LogP contribution is -2.23. The third kappa shape index (κ3) is 3.85. The largest absolute Gasteiger partial charge is 0.306 e. The highest BCUT2D eigenvalue weighted by Gasteiger charge is 2.15. The Morgan fingerprint density at radius 1 is 1.15 bits per heavy atom. The summed E-state index contributed by atoms with van der Waals surface area (Å²) < 4.78 is 1.10. The number of hydrogen-bond donors (Lipinski definition) is 1. The molecule has 0 aliphatic carbocycles. The second-order valence-corrected chi connectivity index (χ2v) is 6.29. The summed E-state index contributed by atoms with van der Waals surface area (Å²) in [7, 11) is 0. The van der Waals surface area contributed by atoms with Gasteiger partial charge in [-0.3, -0.25) is 0 Å². The Morgan fingerprint density at radius 2 is 1.85 bits per heavy atom. The van der Waals surface area contributed by atoms with Crippen molar-refractivity contribution in [1.82, 2.24) is 5.32 Å². The predicted molar refractivity (Wildman–Crippen MR) is 90.5 cm³/mol. The Labute approximate surface area is 134 Å². The molecule has 0 heterocycles. The number of halogens is 2. The first-order chi connectivity index (χ1) is 9.61. The molecule has 2 aromatic rings. The highest BCUT2D eigenvalue weighted by atomic mass is 79.9. The monoisotopic (exact) mass is 351 g/mol. The summed E-state index contributed by atoms with van der Waals surface area (Å²) in [6.45, 7) is 5.29. The molecule has 0 bridgehead atoms. The van der Waals surface area contributed by atoms with Crippen LogP contribution in [0.4, 0.5) is 0 Å². The van der Waals surface area contributed by atoms with Crippen molar-refractivity contribution in [1.29, 1.82) is 0 Å². The van der Waals surface area contributed by atoms with Gasteiger partial charge in [-0.25, -0.2) is 0 Å². The standard InChI is InChI=1S/C17H19BrClN/c1-3-10-20-17(13-5-7-14(18)8-6-13)16-11-15(19)9-4-12(16)2/h4-9,11,17,20H,3,10H2,1-2H3. The summed E-state index contributed by atoms with van der Waals surface area (Å²) in [6, 6.07) is 14.7. The lowest BCUT2D eigenvalue weighted by Gasteiger charge is -2.22. The molecule has 1 atom stereocenters. The van der Waals surface area contributed by atoms with Crippen LogP contribution >= 0.6 is 27.5 Å². The predicted octanol–water partition coefficient (Wildman–Crippen LogP) is 5.50. The highest BCUT2D eigenvalue weighted by Crippen LogP contribution is 2.28. The lowest BCUT2D eigenvalue weighted by atomic mass is 9.95. The molecule has 0 radical (unpaired) electrons. The Balaban J connectivity index is 2.41. The van der Waals surface area contributed by atoms with Gasteiger partial charge in [0.15, 0.2) is 0 Å². The average Bonchev–Trinajstić information content (AvgIpc) is 2.44. The molecule has 2 rings (SSSR count). The number of aryl methyl sites for hydroxylation is 1. The van der Waals surface area contributed by atoms with Gasteiger partial charge in [0.1, 0.15) is 0 Å². The molecule has 0 fully saturated rings. The van der Waals surface area contributed by atoms with Crippen LogP contribution in [0.1, 0.15) is 36.1 Å². The molecular weight excluding hydrogens is 334 g/mol. The van der Waals surface area contributed by atoms with Crippen LogP contribution in [0.15, 0.2) is 46.9 Å².